The molecule has 306 valence electrons. The molecule has 11 nitrogen and oxygen atoms in total. The third kappa shape index (κ3) is 9.93. The molecule has 57 heavy (non-hydrogen) atoms. The largest absolute Gasteiger partial charge is 0.458 e. The molecule has 0 spiro atoms. The van der Waals surface area contributed by atoms with Crippen LogP contribution in [0, 0.1) is 37.5 Å². The van der Waals surface area contributed by atoms with E-state index >= 15 is 0 Å². The van der Waals surface area contributed by atoms with Crippen molar-refractivity contribution in [3.63, 3.8) is 0 Å². The second kappa shape index (κ2) is 17.7. The zero-order valence-corrected chi connectivity index (χ0v) is 48.2. The molecule has 4 bridgehead atoms. The van der Waals surface area contributed by atoms with Gasteiger partial charge in [-0.3, -0.25) is 9.35 Å². The Bertz CT molecular complexity index is 2290. The maximum absolute atomic E-state index is 14.6. The van der Waals surface area contributed by atoms with Gasteiger partial charge in [-0.05, 0) is 240 Å². The average Bonchev–Trinajstić information content (AvgIpc) is 3.06. The number of hydrogen-bond acceptors (Lipinski definition) is 10. The lowest BCUT2D eigenvalue weighted by Crippen LogP contribution is -2.73. The Balaban J connectivity index is 1.52. The Morgan fingerprint density at radius 3 is 1.44 bits per heavy atom. The quantitative estimate of drug-likeness (QED) is 0.0677. The molecule has 2 unspecified atom stereocenters. The van der Waals surface area contributed by atoms with Crippen molar-refractivity contribution in [1.82, 2.24) is 0 Å². The molecular formula is C34H21F2I9O11S. The molecule has 4 aliphatic rings. The van der Waals surface area contributed by atoms with Crippen LogP contribution in [0.15, 0.2) is 36.4 Å². The molecule has 1 N–H and O–H groups in total. The van der Waals surface area contributed by atoms with Crippen LogP contribution in [-0.4, -0.2) is 65.5 Å². The number of benzene rings is 3. The van der Waals surface area contributed by atoms with Gasteiger partial charge in [0.2, 0.25) is 0 Å². The minimum atomic E-state index is -5.99. The van der Waals surface area contributed by atoms with Crippen molar-refractivity contribution in [2.45, 2.75) is 60.6 Å². The van der Waals surface area contributed by atoms with Gasteiger partial charge in [0.15, 0.2) is 6.61 Å². The van der Waals surface area contributed by atoms with Crippen LogP contribution in [0.4, 0.5) is 8.78 Å². The van der Waals surface area contributed by atoms with E-state index in [1.165, 1.54) is 0 Å². The second-order valence-electron chi connectivity index (χ2n) is 14.0. The van der Waals surface area contributed by atoms with Crippen LogP contribution in [0.2, 0.25) is 0 Å². The van der Waals surface area contributed by atoms with Crippen molar-refractivity contribution in [2.24, 2.45) is 5.41 Å². The van der Waals surface area contributed by atoms with Crippen molar-refractivity contribution in [3.8, 4) is 0 Å². The number of rotatable bonds is 10. The molecule has 0 radical (unpaired) electrons. The predicted molar refractivity (Wildman–Crippen MR) is 276 cm³/mol. The van der Waals surface area contributed by atoms with E-state index in [9.17, 15) is 40.9 Å². The lowest BCUT2D eigenvalue weighted by molar-refractivity contribution is -0.278. The van der Waals surface area contributed by atoms with Crippen molar-refractivity contribution in [3.05, 3.63) is 85.2 Å². The first kappa shape index (κ1) is 48.3. The third-order valence-electron chi connectivity index (χ3n) is 9.70. The number of esters is 4. The summed E-state index contributed by atoms with van der Waals surface area (Å²) < 4.78 is 91.6. The van der Waals surface area contributed by atoms with Gasteiger partial charge in [0, 0.05) is 70.7 Å². The van der Waals surface area contributed by atoms with Crippen molar-refractivity contribution >= 4 is 237 Å². The summed E-state index contributed by atoms with van der Waals surface area (Å²) in [4.78, 5) is 57.2. The Morgan fingerprint density at radius 1 is 0.614 bits per heavy atom. The monoisotopic (exact) mass is 1820 g/mol. The Morgan fingerprint density at radius 2 is 1.02 bits per heavy atom. The number of halogens is 11. The first-order valence-corrected chi connectivity index (χ1v) is 27.0. The zero-order chi connectivity index (χ0) is 42.3. The van der Waals surface area contributed by atoms with E-state index in [0.29, 0.717) is 14.3 Å². The predicted octanol–water partition coefficient (Wildman–Crippen LogP) is 10.6. The number of hydrogen-bond donors (Lipinski definition) is 1. The molecule has 0 amide bonds. The van der Waals surface area contributed by atoms with Crippen molar-refractivity contribution < 1.29 is 59.9 Å². The van der Waals surface area contributed by atoms with Gasteiger partial charge in [0.1, 0.15) is 16.8 Å². The van der Waals surface area contributed by atoms with E-state index in [1.807, 2.05) is 109 Å². The molecule has 0 aromatic heterocycles. The summed E-state index contributed by atoms with van der Waals surface area (Å²) in [6.07, 6.45) is -1.43. The topological polar surface area (TPSA) is 160 Å². The summed E-state index contributed by atoms with van der Waals surface area (Å²) in [7, 11) is -5.99. The lowest BCUT2D eigenvalue weighted by atomic mass is 9.44. The van der Waals surface area contributed by atoms with Crippen LogP contribution in [0.3, 0.4) is 0 Å². The van der Waals surface area contributed by atoms with Gasteiger partial charge < -0.3 is 18.9 Å². The second-order valence-corrected chi connectivity index (χ2v) is 25.9. The summed E-state index contributed by atoms with van der Waals surface area (Å²) in [6, 6.07) is 10.5. The minimum absolute atomic E-state index is 0.152. The van der Waals surface area contributed by atoms with Crippen molar-refractivity contribution in [1.29, 1.82) is 0 Å². The number of carbonyl (C=O) groups excluding carboxylic acids is 4. The van der Waals surface area contributed by atoms with Gasteiger partial charge >= 0.3 is 39.2 Å². The summed E-state index contributed by atoms with van der Waals surface area (Å²) >= 11 is 18.4. The van der Waals surface area contributed by atoms with Gasteiger partial charge in [-0.25, -0.2) is 14.4 Å². The summed E-state index contributed by atoms with van der Waals surface area (Å²) in [6.45, 7) is -2.03. The number of alkyl halides is 2. The first-order chi connectivity index (χ1) is 26.2. The number of ether oxygens (including phenoxy) is 4. The van der Waals surface area contributed by atoms with Gasteiger partial charge in [-0.1, -0.05) is 0 Å². The molecule has 3 aromatic carbocycles. The highest BCUT2D eigenvalue weighted by Crippen LogP contribution is 2.68. The maximum Gasteiger partial charge on any atom is 0.402 e. The number of carbonyl (C=O) groups is 4. The highest BCUT2D eigenvalue weighted by atomic mass is 127. The van der Waals surface area contributed by atoms with E-state index in [4.69, 9.17) is 18.9 Å². The van der Waals surface area contributed by atoms with E-state index in [0.717, 1.165) is 17.9 Å². The van der Waals surface area contributed by atoms with Gasteiger partial charge in [-0.2, -0.15) is 17.2 Å². The Kier molecular flexibility index (Phi) is 15.0. The molecule has 23 heteroatoms. The van der Waals surface area contributed by atoms with E-state index in [2.05, 4.69) is 113 Å². The summed E-state index contributed by atoms with van der Waals surface area (Å²) in [5.74, 6) is -3.69. The molecule has 4 fully saturated rings. The van der Waals surface area contributed by atoms with Crippen LogP contribution >= 0.6 is 203 Å². The van der Waals surface area contributed by atoms with Crippen molar-refractivity contribution in [2.75, 3.05) is 6.61 Å². The molecule has 7 rings (SSSR count). The van der Waals surface area contributed by atoms with Crippen LogP contribution in [0.5, 0.6) is 0 Å². The normalized spacial score (nSPS) is 25.2. The standard InChI is InChI=1S/C34H21F2I9O11S/c35-34(36,57(50,51)52)13-53-29(49)30-7-31(54-26(46)16-3-14(37)5-20(41)23(16)43)10-32(8-30,55-27(47)17-4-15(38)6-21(42)24(17)44)12-33(9-30,11-31)56-28(48)22-18(39)1-2-19(40)25(22)45/h1-6H,7-13H2,(H,50,51,52). The van der Waals surface area contributed by atoms with Gasteiger partial charge in [0.05, 0.1) is 22.1 Å². The van der Waals surface area contributed by atoms with Crippen LogP contribution in [-0.2, 0) is 33.9 Å². The Labute approximate surface area is 447 Å². The van der Waals surface area contributed by atoms with Crippen LogP contribution in [0.25, 0.3) is 0 Å². The van der Waals surface area contributed by atoms with Gasteiger partial charge in [0.25, 0.3) is 0 Å². The molecule has 0 heterocycles. The first-order valence-electron chi connectivity index (χ1n) is 15.9. The smallest absolute Gasteiger partial charge is 0.402 e. The molecule has 0 aliphatic heterocycles. The fourth-order valence-corrected chi connectivity index (χ4v) is 15.4. The van der Waals surface area contributed by atoms with E-state index in [-0.39, 0.29) is 55.2 Å². The fourth-order valence-electron chi connectivity index (χ4n) is 8.15. The van der Waals surface area contributed by atoms with Gasteiger partial charge in [-0.15, -0.1) is 0 Å². The molecule has 2 atom stereocenters. The molecule has 0 saturated heterocycles. The average molecular weight is 1820 g/mol. The fraction of sp³-hybridized carbons (Fsp3) is 0.353. The summed E-state index contributed by atoms with van der Waals surface area (Å²) in [5.41, 5.74) is -6.40. The third-order valence-corrected chi connectivity index (χ3v) is 21.9. The maximum atomic E-state index is 14.6. The SMILES string of the molecule is O=C(OC12CC3(OC(=O)c4cc(I)cc(I)c4I)CC(OC(=O)c4c(I)ccc(I)c4I)(C1)CC(C(=O)OCC(F)(F)S(=O)(=O)O)(C2)C3)c1cc(I)cc(I)c1I. The molecular weight excluding hydrogens is 1800 g/mol. The molecule has 3 aromatic rings. The Hall–Kier alpha value is 1.88. The van der Waals surface area contributed by atoms with Crippen LogP contribution in [0.1, 0.15) is 69.6 Å². The van der Waals surface area contributed by atoms with Crippen LogP contribution < -0.4 is 0 Å². The highest BCUT2D eigenvalue weighted by molar-refractivity contribution is 14.1. The van der Waals surface area contributed by atoms with E-state index in [1.54, 1.807) is 18.2 Å². The summed E-state index contributed by atoms with van der Waals surface area (Å²) in [5, 5.41) is -4.86. The zero-order valence-electron chi connectivity index (χ0n) is 28.0. The molecule has 4 saturated carbocycles. The lowest BCUT2D eigenvalue weighted by Gasteiger charge is -2.66. The highest BCUT2D eigenvalue weighted by Gasteiger charge is 2.75. The minimum Gasteiger partial charge on any atom is -0.458 e. The van der Waals surface area contributed by atoms with E-state index < -0.39 is 68.1 Å². The molecule has 4 aliphatic carbocycles.